The fraction of sp³-hybridized carbons (Fsp3) is 0.900. The zero-order valence-electron chi connectivity index (χ0n) is 8.40. The maximum absolute atomic E-state index is 11.9. The second-order valence-electron chi connectivity index (χ2n) is 4.50. The molecule has 1 aliphatic heterocycles. The van der Waals surface area contributed by atoms with Crippen molar-refractivity contribution >= 4 is 15.6 Å². The summed E-state index contributed by atoms with van der Waals surface area (Å²) in [7, 11) is -3.02. The van der Waals surface area contributed by atoms with E-state index in [1.807, 2.05) is 0 Å². The molecule has 0 N–H and O–H groups in total. The number of carbonyl (C=O) groups excluding carboxylic acids is 1. The van der Waals surface area contributed by atoms with Gasteiger partial charge in [-0.2, -0.15) is 0 Å². The number of rotatable bonds is 0. The molecule has 2 aliphatic rings. The standard InChI is InChI=1S/C10H16O3S/c1-7-6-9(11)8-4-2-3-5-10(8)14(7,12)13/h7-8,10H,2-6H2,1H3/t7-,8+,10-/m0/s1. The highest BCUT2D eigenvalue weighted by Gasteiger charge is 2.46. The molecule has 80 valence electrons. The molecular formula is C10H16O3S. The molecular weight excluding hydrogens is 200 g/mol. The van der Waals surface area contributed by atoms with E-state index in [0.29, 0.717) is 6.42 Å². The number of hydrogen-bond acceptors (Lipinski definition) is 3. The van der Waals surface area contributed by atoms with E-state index in [2.05, 4.69) is 0 Å². The second kappa shape index (κ2) is 3.33. The maximum atomic E-state index is 11.9. The molecule has 0 radical (unpaired) electrons. The number of Topliss-reactive ketones (excluding diaryl/α,β-unsaturated/α-hetero) is 1. The largest absolute Gasteiger partial charge is 0.299 e. The molecule has 4 heteroatoms. The lowest BCUT2D eigenvalue weighted by atomic mass is 9.84. The Morgan fingerprint density at radius 1 is 1.21 bits per heavy atom. The third kappa shape index (κ3) is 1.40. The van der Waals surface area contributed by atoms with E-state index < -0.39 is 15.1 Å². The summed E-state index contributed by atoms with van der Waals surface area (Å²) in [6.45, 7) is 1.66. The Bertz CT molecular complexity index is 344. The number of ketones is 1. The van der Waals surface area contributed by atoms with Crippen molar-refractivity contribution in [3.05, 3.63) is 0 Å². The van der Waals surface area contributed by atoms with Crippen molar-refractivity contribution < 1.29 is 13.2 Å². The molecule has 0 bridgehead atoms. The Morgan fingerprint density at radius 2 is 1.86 bits per heavy atom. The fourth-order valence-corrected chi connectivity index (χ4v) is 4.94. The Labute approximate surface area is 84.8 Å². The molecule has 1 saturated carbocycles. The predicted molar refractivity (Wildman–Crippen MR) is 53.8 cm³/mol. The summed E-state index contributed by atoms with van der Waals surface area (Å²) in [5, 5.41) is -0.804. The Morgan fingerprint density at radius 3 is 2.57 bits per heavy atom. The van der Waals surface area contributed by atoms with Crippen LogP contribution in [0.3, 0.4) is 0 Å². The number of fused-ring (bicyclic) bond motifs is 1. The molecule has 3 nitrogen and oxygen atoms in total. The highest BCUT2D eigenvalue weighted by Crippen LogP contribution is 2.37. The van der Waals surface area contributed by atoms with Crippen LogP contribution in [-0.2, 0) is 14.6 Å². The quantitative estimate of drug-likeness (QED) is 0.613. The Kier molecular flexibility index (Phi) is 2.41. The van der Waals surface area contributed by atoms with E-state index in [1.165, 1.54) is 0 Å². The lowest BCUT2D eigenvalue weighted by Crippen LogP contribution is -2.47. The summed E-state index contributed by atoms with van der Waals surface area (Å²) >= 11 is 0. The lowest BCUT2D eigenvalue weighted by Gasteiger charge is -2.36. The third-order valence-electron chi connectivity index (χ3n) is 3.59. The number of sulfone groups is 1. The van der Waals surface area contributed by atoms with Crippen LogP contribution in [0.4, 0.5) is 0 Å². The van der Waals surface area contributed by atoms with E-state index in [4.69, 9.17) is 0 Å². The van der Waals surface area contributed by atoms with Gasteiger partial charge in [0.15, 0.2) is 9.84 Å². The maximum Gasteiger partial charge on any atom is 0.156 e. The normalized spacial score (nSPS) is 41.8. The lowest BCUT2D eigenvalue weighted by molar-refractivity contribution is -0.124. The SMILES string of the molecule is C[C@H]1CC(=O)[C@H]2CCCC[C@@H]2S1(=O)=O. The van der Waals surface area contributed by atoms with Gasteiger partial charge in [-0.15, -0.1) is 0 Å². The van der Waals surface area contributed by atoms with Crippen LogP contribution in [0, 0.1) is 5.92 Å². The van der Waals surface area contributed by atoms with Gasteiger partial charge in [0.05, 0.1) is 10.5 Å². The first-order chi connectivity index (χ1) is 6.53. The molecule has 0 aromatic rings. The van der Waals surface area contributed by atoms with Crippen LogP contribution in [0.1, 0.15) is 39.0 Å². The summed E-state index contributed by atoms with van der Waals surface area (Å²) in [5.74, 6) is 0.00183. The molecule has 0 aromatic carbocycles. The van der Waals surface area contributed by atoms with Gasteiger partial charge in [0, 0.05) is 12.3 Å². The minimum atomic E-state index is -3.02. The first-order valence-corrected chi connectivity index (χ1v) is 6.90. The molecule has 2 fully saturated rings. The van der Waals surface area contributed by atoms with Crippen LogP contribution in [-0.4, -0.2) is 24.7 Å². The van der Waals surface area contributed by atoms with Crippen LogP contribution in [0.15, 0.2) is 0 Å². The fourth-order valence-electron chi connectivity index (χ4n) is 2.71. The van der Waals surface area contributed by atoms with E-state index in [1.54, 1.807) is 6.92 Å². The summed E-state index contributed by atoms with van der Waals surface area (Å²) in [5.41, 5.74) is 0. The first-order valence-electron chi connectivity index (χ1n) is 5.29. The molecule has 0 amide bonds. The summed E-state index contributed by atoms with van der Waals surface area (Å²) < 4.78 is 23.9. The average Bonchev–Trinajstić information content (AvgIpc) is 2.16. The minimum Gasteiger partial charge on any atom is -0.299 e. The molecule has 0 spiro atoms. The highest BCUT2D eigenvalue weighted by molar-refractivity contribution is 7.92. The van der Waals surface area contributed by atoms with Crippen LogP contribution in [0.2, 0.25) is 0 Å². The van der Waals surface area contributed by atoms with Gasteiger partial charge >= 0.3 is 0 Å². The van der Waals surface area contributed by atoms with Crippen LogP contribution in [0.5, 0.6) is 0 Å². The van der Waals surface area contributed by atoms with E-state index in [-0.39, 0.29) is 23.4 Å². The van der Waals surface area contributed by atoms with E-state index >= 15 is 0 Å². The van der Waals surface area contributed by atoms with Gasteiger partial charge in [-0.05, 0) is 19.8 Å². The zero-order chi connectivity index (χ0) is 10.3. The van der Waals surface area contributed by atoms with Crippen molar-refractivity contribution in [2.24, 2.45) is 5.92 Å². The molecule has 1 heterocycles. The zero-order valence-corrected chi connectivity index (χ0v) is 9.22. The smallest absolute Gasteiger partial charge is 0.156 e. The Hall–Kier alpha value is -0.380. The van der Waals surface area contributed by atoms with Gasteiger partial charge in [0.25, 0.3) is 0 Å². The van der Waals surface area contributed by atoms with Gasteiger partial charge in [-0.3, -0.25) is 4.79 Å². The van der Waals surface area contributed by atoms with Gasteiger partial charge < -0.3 is 0 Å². The summed E-state index contributed by atoms with van der Waals surface area (Å²) in [6.07, 6.45) is 3.69. The van der Waals surface area contributed by atoms with Crippen molar-refractivity contribution in [1.82, 2.24) is 0 Å². The van der Waals surface area contributed by atoms with Crippen molar-refractivity contribution in [2.45, 2.75) is 49.5 Å². The predicted octanol–water partition coefficient (Wildman–Crippen LogP) is 1.32. The van der Waals surface area contributed by atoms with Crippen molar-refractivity contribution in [2.75, 3.05) is 0 Å². The van der Waals surface area contributed by atoms with Crippen molar-refractivity contribution in [1.29, 1.82) is 0 Å². The molecule has 2 rings (SSSR count). The van der Waals surface area contributed by atoms with Gasteiger partial charge in [0.2, 0.25) is 0 Å². The van der Waals surface area contributed by atoms with Gasteiger partial charge in [-0.1, -0.05) is 12.8 Å². The van der Waals surface area contributed by atoms with Crippen LogP contribution < -0.4 is 0 Å². The Balaban J connectivity index is 2.35. The topological polar surface area (TPSA) is 51.2 Å². The monoisotopic (exact) mass is 216 g/mol. The summed E-state index contributed by atoms with van der Waals surface area (Å²) in [6, 6.07) is 0. The van der Waals surface area contributed by atoms with Crippen LogP contribution >= 0.6 is 0 Å². The van der Waals surface area contributed by atoms with Gasteiger partial charge in [-0.25, -0.2) is 8.42 Å². The molecule has 0 aromatic heterocycles. The third-order valence-corrected chi connectivity index (χ3v) is 6.28. The average molecular weight is 216 g/mol. The van der Waals surface area contributed by atoms with E-state index in [9.17, 15) is 13.2 Å². The molecule has 0 unspecified atom stereocenters. The summed E-state index contributed by atoms with van der Waals surface area (Å²) in [4.78, 5) is 11.7. The van der Waals surface area contributed by atoms with Gasteiger partial charge in [0.1, 0.15) is 5.78 Å². The number of hydrogen-bond donors (Lipinski definition) is 0. The van der Waals surface area contributed by atoms with E-state index in [0.717, 1.165) is 19.3 Å². The van der Waals surface area contributed by atoms with Crippen molar-refractivity contribution in [3.63, 3.8) is 0 Å². The minimum absolute atomic E-state index is 0.176. The second-order valence-corrected chi connectivity index (χ2v) is 7.09. The molecule has 3 atom stereocenters. The first kappa shape index (κ1) is 10.1. The highest BCUT2D eigenvalue weighted by atomic mass is 32.2. The molecule has 1 saturated heterocycles. The molecule has 14 heavy (non-hydrogen) atoms. The van der Waals surface area contributed by atoms with Crippen LogP contribution in [0.25, 0.3) is 0 Å². The molecule has 1 aliphatic carbocycles. The number of carbonyl (C=O) groups is 1. The van der Waals surface area contributed by atoms with Crippen molar-refractivity contribution in [3.8, 4) is 0 Å².